The SMILES string of the molecule is CCCCCCCCC(=O)OC(COCCC1CCOCC1)C(F)(F)CC(C)(F)F. The fraction of sp³-hybridized carbons (Fsp3) is 0.955. The zero-order valence-electron chi connectivity index (χ0n) is 18.4. The predicted molar refractivity (Wildman–Crippen MR) is 107 cm³/mol. The number of esters is 1. The van der Waals surface area contributed by atoms with Crippen molar-refractivity contribution < 1.29 is 36.6 Å². The van der Waals surface area contributed by atoms with E-state index < -0.39 is 36.9 Å². The van der Waals surface area contributed by atoms with Crippen LogP contribution in [0.3, 0.4) is 0 Å². The molecule has 0 saturated carbocycles. The average molecular weight is 443 g/mol. The monoisotopic (exact) mass is 442 g/mol. The molecule has 178 valence electrons. The summed E-state index contributed by atoms with van der Waals surface area (Å²) in [4.78, 5) is 12.0. The highest BCUT2D eigenvalue weighted by Gasteiger charge is 2.48. The summed E-state index contributed by atoms with van der Waals surface area (Å²) in [5.74, 6) is -7.83. The Balaban J connectivity index is 2.47. The largest absolute Gasteiger partial charge is 0.453 e. The Morgan fingerprint density at radius 1 is 1.07 bits per heavy atom. The summed E-state index contributed by atoms with van der Waals surface area (Å²) in [7, 11) is 0. The molecular weight excluding hydrogens is 404 g/mol. The zero-order chi connectivity index (χ0) is 22.5. The van der Waals surface area contributed by atoms with Crippen LogP contribution in [-0.4, -0.2) is 50.3 Å². The zero-order valence-corrected chi connectivity index (χ0v) is 18.4. The molecule has 1 aliphatic rings. The van der Waals surface area contributed by atoms with Crippen molar-refractivity contribution in [1.29, 1.82) is 0 Å². The fourth-order valence-electron chi connectivity index (χ4n) is 3.51. The number of halogens is 4. The van der Waals surface area contributed by atoms with Crippen molar-refractivity contribution in [2.75, 3.05) is 26.4 Å². The minimum atomic E-state index is -3.87. The number of unbranched alkanes of at least 4 members (excludes halogenated alkanes) is 5. The quantitative estimate of drug-likeness (QED) is 0.163. The van der Waals surface area contributed by atoms with E-state index in [1.165, 1.54) is 0 Å². The molecule has 1 rings (SSSR count). The van der Waals surface area contributed by atoms with Crippen LogP contribution in [0.5, 0.6) is 0 Å². The van der Waals surface area contributed by atoms with Crippen LogP contribution in [0.1, 0.15) is 84.5 Å². The highest BCUT2D eigenvalue weighted by molar-refractivity contribution is 5.69. The van der Waals surface area contributed by atoms with Crippen LogP contribution in [0.2, 0.25) is 0 Å². The van der Waals surface area contributed by atoms with Gasteiger partial charge in [0.2, 0.25) is 0 Å². The summed E-state index contributed by atoms with van der Waals surface area (Å²) in [5.41, 5.74) is 0. The topological polar surface area (TPSA) is 44.8 Å². The Kier molecular flexibility index (Phi) is 12.9. The van der Waals surface area contributed by atoms with Gasteiger partial charge < -0.3 is 14.2 Å². The first kappa shape index (κ1) is 27.1. The Labute approximate surface area is 178 Å². The van der Waals surface area contributed by atoms with Crippen molar-refractivity contribution in [3.8, 4) is 0 Å². The molecule has 0 spiro atoms. The van der Waals surface area contributed by atoms with Crippen molar-refractivity contribution in [1.82, 2.24) is 0 Å². The van der Waals surface area contributed by atoms with Gasteiger partial charge in [0.1, 0.15) is 0 Å². The lowest BCUT2D eigenvalue weighted by Crippen LogP contribution is -2.44. The summed E-state index contributed by atoms with van der Waals surface area (Å²) in [6.45, 7) is 3.51. The van der Waals surface area contributed by atoms with E-state index in [1.807, 2.05) is 0 Å². The molecule has 1 aliphatic heterocycles. The van der Waals surface area contributed by atoms with Crippen molar-refractivity contribution in [3.63, 3.8) is 0 Å². The third kappa shape index (κ3) is 12.7. The number of carbonyl (C=O) groups is 1. The molecule has 0 aromatic carbocycles. The lowest BCUT2D eigenvalue weighted by atomic mass is 9.97. The van der Waals surface area contributed by atoms with Crippen LogP contribution >= 0.6 is 0 Å². The molecule has 0 N–H and O–H groups in total. The minimum absolute atomic E-state index is 0.00327. The second kappa shape index (κ2) is 14.2. The summed E-state index contributed by atoms with van der Waals surface area (Å²) in [5, 5.41) is 0. The molecule has 1 heterocycles. The first-order valence-corrected chi connectivity index (χ1v) is 11.2. The van der Waals surface area contributed by atoms with Gasteiger partial charge >= 0.3 is 5.97 Å². The van der Waals surface area contributed by atoms with Gasteiger partial charge in [0.15, 0.2) is 6.10 Å². The number of alkyl halides is 4. The van der Waals surface area contributed by atoms with Crippen LogP contribution in [0, 0.1) is 5.92 Å². The molecule has 4 nitrogen and oxygen atoms in total. The van der Waals surface area contributed by atoms with Gasteiger partial charge in [-0.1, -0.05) is 39.0 Å². The average Bonchev–Trinajstić information content (AvgIpc) is 2.66. The van der Waals surface area contributed by atoms with E-state index in [-0.39, 0.29) is 13.0 Å². The normalized spacial score (nSPS) is 17.1. The number of carbonyl (C=O) groups excluding carboxylic acids is 1. The maximum atomic E-state index is 14.4. The van der Waals surface area contributed by atoms with Crippen molar-refractivity contribution in [3.05, 3.63) is 0 Å². The Bertz CT molecular complexity index is 463. The van der Waals surface area contributed by atoms with Gasteiger partial charge in [-0.25, -0.2) is 17.6 Å². The van der Waals surface area contributed by atoms with Gasteiger partial charge in [-0.2, -0.15) is 0 Å². The van der Waals surface area contributed by atoms with Crippen LogP contribution < -0.4 is 0 Å². The second-order valence-electron chi connectivity index (χ2n) is 8.42. The molecule has 0 aromatic rings. The number of rotatable bonds is 16. The first-order chi connectivity index (χ1) is 14.1. The van der Waals surface area contributed by atoms with Crippen molar-refractivity contribution in [2.24, 2.45) is 5.92 Å². The van der Waals surface area contributed by atoms with E-state index in [1.54, 1.807) is 0 Å². The van der Waals surface area contributed by atoms with Crippen molar-refractivity contribution >= 4 is 5.97 Å². The summed E-state index contributed by atoms with van der Waals surface area (Å²) in [6, 6.07) is 0. The van der Waals surface area contributed by atoms with Gasteiger partial charge in [0, 0.05) is 26.2 Å². The molecule has 1 unspecified atom stereocenters. The Hall–Kier alpha value is -0.890. The van der Waals surface area contributed by atoms with E-state index in [0.717, 1.165) is 44.9 Å². The fourth-order valence-corrected chi connectivity index (χ4v) is 3.51. The van der Waals surface area contributed by atoms with Gasteiger partial charge in [-0.05, 0) is 38.5 Å². The lowest BCUT2D eigenvalue weighted by molar-refractivity contribution is -0.201. The number of hydrogen-bond donors (Lipinski definition) is 0. The van der Waals surface area contributed by atoms with Gasteiger partial charge in [0.05, 0.1) is 13.0 Å². The third-order valence-corrected chi connectivity index (χ3v) is 5.31. The second-order valence-corrected chi connectivity index (χ2v) is 8.42. The van der Waals surface area contributed by atoms with Crippen LogP contribution in [0.15, 0.2) is 0 Å². The van der Waals surface area contributed by atoms with Crippen LogP contribution in [-0.2, 0) is 19.0 Å². The molecule has 0 amide bonds. The van der Waals surface area contributed by atoms with E-state index in [0.29, 0.717) is 38.9 Å². The smallest absolute Gasteiger partial charge is 0.306 e. The number of hydrogen-bond acceptors (Lipinski definition) is 4. The lowest BCUT2D eigenvalue weighted by Gasteiger charge is -2.29. The molecule has 0 bridgehead atoms. The van der Waals surface area contributed by atoms with E-state index in [9.17, 15) is 22.4 Å². The minimum Gasteiger partial charge on any atom is -0.453 e. The summed E-state index contributed by atoms with van der Waals surface area (Å²) >= 11 is 0. The molecule has 8 heteroatoms. The predicted octanol–water partition coefficient (Wildman–Crippen LogP) is 6.16. The molecule has 1 saturated heterocycles. The number of ether oxygens (including phenoxy) is 3. The molecule has 0 radical (unpaired) electrons. The molecule has 1 fully saturated rings. The van der Waals surface area contributed by atoms with Gasteiger partial charge in [-0.15, -0.1) is 0 Å². The van der Waals surface area contributed by atoms with E-state index in [4.69, 9.17) is 14.2 Å². The third-order valence-electron chi connectivity index (χ3n) is 5.31. The summed E-state index contributed by atoms with van der Waals surface area (Å²) in [6.07, 6.45) is 4.38. The maximum Gasteiger partial charge on any atom is 0.306 e. The highest BCUT2D eigenvalue weighted by Crippen LogP contribution is 2.34. The van der Waals surface area contributed by atoms with Crippen LogP contribution in [0.25, 0.3) is 0 Å². The molecule has 1 atom stereocenters. The molecule has 30 heavy (non-hydrogen) atoms. The van der Waals surface area contributed by atoms with Crippen molar-refractivity contribution in [2.45, 2.75) is 102 Å². The molecule has 0 aliphatic carbocycles. The first-order valence-electron chi connectivity index (χ1n) is 11.2. The van der Waals surface area contributed by atoms with Gasteiger partial charge in [-0.3, -0.25) is 4.79 Å². The van der Waals surface area contributed by atoms with E-state index >= 15 is 0 Å². The highest BCUT2D eigenvalue weighted by atomic mass is 19.3. The molecule has 0 aromatic heterocycles. The van der Waals surface area contributed by atoms with Gasteiger partial charge in [0.25, 0.3) is 11.8 Å². The Morgan fingerprint density at radius 3 is 2.33 bits per heavy atom. The summed E-state index contributed by atoms with van der Waals surface area (Å²) < 4.78 is 70.8. The maximum absolute atomic E-state index is 14.4. The van der Waals surface area contributed by atoms with E-state index in [2.05, 4.69) is 6.92 Å². The molecular formula is C22H38F4O4. The Morgan fingerprint density at radius 2 is 1.70 bits per heavy atom. The standard InChI is InChI=1S/C22H38F4O4/c1-3-4-5-6-7-8-9-20(27)30-19(22(25,26)17-21(2,23)24)16-29-15-12-18-10-13-28-14-11-18/h18-19H,3-17H2,1-2H3. The van der Waals surface area contributed by atoms with Crippen LogP contribution in [0.4, 0.5) is 17.6 Å².